The third-order valence-corrected chi connectivity index (χ3v) is 8.41. The first-order valence-electron chi connectivity index (χ1n) is 11.8. The monoisotopic (exact) mass is 536 g/mol. The number of fused-ring (bicyclic) bond motifs is 7. The van der Waals surface area contributed by atoms with Crippen LogP contribution in [0.5, 0.6) is 0 Å². The number of esters is 1. The normalized spacial score (nSPS) is 25.3. The molecule has 7 nitrogen and oxygen atoms in total. The first kappa shape index (κ1) is 22.7. The van der Waals surface area contributed by atoms with Gasteiger partial charge in [-0.05, 0) is 42.0 Å². The standard InChI is InChI=1S/C27H19Cl2FN4O3/c1-37-25(35)12-5-8-18-15(9-12)21-11-20-24(34(21)33-18)22(14-3-2-4-17(29)23(14)30)27(32-20)16-7-6-13(28)10-19(16)31-26(27)36/h2-10,20,22,24,32H,11H2,1H3,(H,31,36)/t20-,22-,24?,27+/m0/s1. The van der Waals surface area contributed by atoms with Crippen LogP contribution in [0.15, 0.2) is 54.6 Å². The summed E-state index contributed by atoms with van der Waals surface area (Å²) in [4.78, 5) is 25.9. The van der Waals surface area contributed by atoms with Gasteiger partial charge < -0.3 is 10.1 Å². The second kappa shape index (κ2) is 7.77. The quantitative estimate of drug-likeness (QED) is 0.353. The molecule has 2 N–H and O–H groups in total. The van der Waals surface area contributed by atoms with E-state index in [1.165, 1.54) is 13.2 Å². The number of hydrogen-bond acceptors (Lipinski definition) is 5. The van der Waals surface area contributed by atoms with Gasteiger partial charge in [-0.1, -0.05) is 41.4 Å². The lowest BCUT2D eigenvalue weighted by Crippen LogP contribution is -2.49. The zero-order valence-electron chi connectivity index (χ0n) is 19.4. The van der Waals surface area contributed by atoms with E-state index in [9.17, 15) is 9.59 Å². The topological polar surface area (TPSA) is 85.2 Å². The van der Waals surface area contributed by atoms with Crippen molar-refractivity contribution < 1.29 is 18.7 Å². The first-order valence-corrected chi connectivity index (χ1v) is 12.5. The van der Waals surface area contributed by atoms with Gasteiger partial charge in [-0.25, -0.2) is 9.18 Å². The number of carbonyl (C=O) groups excluding carboxylic acids is 2. The molecule has 0 radical (unpaired) electrons. The van der Waals surface area contributed by atoms with E-state index in [0.29, 0.717) is 39.3 Å². The van der Waals surface area contributed by atoms with E-state index in [1.807, 2.05) is 10.7 Å². The molecule has 3 aliphatic heterocycles. The molecule has 0 saturated carbocycles. The van der Waals surface area contributed by atoms with E-state index >= 15 is 4.39 Å². The number of benzene rings is 3. The van der Waals surface area contributed by atoms with Crippen LogP contribution < -0.4 is 10.6 Å². The summed E-state index contributed by atoms with van der Waals surface area (Å²) in [5, 5.41) is 12.7. The number of nitrogens with one attached hydrogen (secondary N) is 2. The lowest BCUT2D eigenvalue weighted by atomic mass is 9.74. The van der Waals surface area contributed by atoms with E-state index in [4.69, 9.17) is 33.0 Å². The lowest BCUT2D eigenvalue weighted by molar-refractivity contribution is -0.122. The van der Waals surface area contributed by atoms with E-state index < -0.39 is 29.3 Å². The smallest absolute Gasteiger partial charge is 0.337 e. The van der Waals surface area contributed by atoms with Crippen molar-refractivity contribution >= 4 is 51.7 Å². The Bertz CT molecular complexity index is 1670. The molecular formula is C27H19Cl2FN4O3. The molecule has 7 rings (SSSR count). The number of methoxy groups -OCH3 is 1. The van der Waals surface area contributed by atoms with Crippen LogP contribution in [0.3, 0.4) is 0 Å². The van der Waals surface area contributed by atoms with Crippen molar-refractivity contribution in [2.24, 2.45) is 0 Å². The minimum atomic E-state index is -1.26. The SMILES string of the molecule is COC(=O)c1ccc2nn3c(c2c1)C[C@@H]1N[C@@]2(C(=O)Nc4cc(Cl)ccc42)[C@@H](c2cccc(Cl)c2F)C13. The molecule has 3 aliphatic rings. The molecule has 1 fully saturated rings. The van der Waals surface area contributed by atoms with Gasteiger partial charge >= 0.3 is 5.97 Å². The summed E-state index contributed by atoms with van der Waals surface area (Å²) in [6.07, 6.45) is 0.530. The number of anilines is 1. The average molecular weight is 537 g/mol. The number of aromatic nitrogens is 2. The van der Waals surface area contributed by atoms with Crippen LogP contribution in [0.25, 0.3) is 10.9 Å². The summed E-state index contributed by atoms with van der Waals surface area (Å²) in [6.45, 7) is 0. The van der Waals surface area contributed by atoms with Crippen LogP contribution in [0.2, 0.25) is 10.0 Å². The van der Waals surface area contributed by atoms with Gasteiger partial charge in [0.15, 0.2) is 0 Å². The molecule has 1 unspecified atom stereocenters. The summed E-state index contributed by atoms with van der Waals surface area (Å²) < 4.78 is 22.4. The molecular weight excluding hydrogens is 518 g/mol. The van der Waals surface area contributed by atoms with Crippen LogP contribution in [-0.2, 0) is 21.5 Å². The Morgan fingerprint density at radius 1 is 1.19 bits per heavy atom. The van der Waals surface area contributed by atoms with Crippen molar-refractivity contribution in [2.75, 3.05) is 12.4 Å². The van der Waals surface area contributed by atoms with Crippen molar-refractivity contribution in [1.29, 1.82) is 0 Å². The van der Waals surface area contributed by atoms with Gasteiger partial charge in [-0.3, -0.25) is 14.8 Å². The van der Waals surface area contributed by atoms with Crippen LogP contribution in [0.4, 0.5) is 10.1 Å². The third kappa shape index (κ3) is 2.94. The van der Waals surface area contributed by atoms with Gasteiger partial charge in [-0.15, -0.1) is 0 Å². The number of amides is 1. The highest BCUT2D eigenvalue weighted by atomic mass is 35.5. The molecule has 186 valence electrons. The summed E-state index contributed by atoms with van der Waals surface area (Å²) in [5.74, 6) is -1.96. The Morgan fingerprint density at radius 3 is 2.84 bits per heavy atom. The number of hydrogen-bond donors (Lipinski definition) is 2. The van der Waals surface area contributed by atoms with Crippen LogP contribution in [-0.4, -0.2) is 34.8 Å². The van der Waals surface area contributed by atoms with E-state index in [1.54, 1.807) is 42.5 Å². The zero-order chi connectivity index (χ0) is 25.6. The Kier molecular flexibility index (Phi) is 4.77. The largest absolute Gasteiger partial charge is 0.465 e. The maximum absolute atomic E-state index is 15.7. The first-order chi connectivity index (χ1) is 17.8. The molecule has 4 heterocycles. The Balaban J connectivity index is 1.47. The van der Waals surface area contributed by atoms with Crippen molar-refractivity contribution in [1.82, 2.24) is 15.1 Å². The Morgan fingerprint density at radius 2 is 2.03 bits per heavy atom. The summed E-state index contributed by atoms with van der Waals surface area (Å²) in [7, 11) is 1.34. The van der Waals surface area contributed by atoms with Crippen LogP contribution >= 0.6 is 23.2 Å². The second-order valence-corrected chi connectivity index (χ2v) is 10.5. The van der Waals surface area contributed by atoms with Crippen LogP contribution in [0, 0.1) is 5.82 Å². The average Bonchev–Trinajstić information content (AvgIpc) is 3.58. The summed E-state index contributed by atoms with van der Waals surface area (Å²) in [5.41, 5.74) is 2.39. The molecule has 1 aromatic heterocycles. The third-order valence-electron chi connectivity index (χ3n) is 7.88. The Labute approximate surface area is 220 Å². The second-order valence-electron chi connectivity index (χ2n) is 9.63. The maximum atomic E-state index is 15.7. The highest BCUT2D eigenvalue weighted by molar-refractivity contribution is 6.31. The summed E-state index contributed by atoms with van der Waals surface area (Å²) in [6, 6.07) is 14.7. The molecule has 4 aromatic rings. The van der Waals surface area contributed by atoms with Crippen LogP contribution in [0.1, 0.15) is 39.1 Å². The van der Waals surface area contributed by atoms with Crippen molar-refractivity contribution in [3.05, 3.63) is 92.8 Å². The van der Waals surface area contributed by atoms with Gasteiger partial charge in [0, 0.05) is 45.7 Å². The molecule has 3 aromatic carbocycles. The molecule has 0 aliphatic carbocycles. The fourth-order valence-corrected chi connectivity index (χ4v) is 6.79. The summed E-state index contributed by atoms with van der Waals surface area (Å²) >= 11 is 12.5. The van der Waals surface area contributed by atoms with Gasteiger partial charge in [0.25, 0.3) is 0 Å². The molecule has 10 heteroatoms. The van der Waals surface area contributed by atoms with E-state index in [2.05, 4.69) is 10.6 Å². The molecule has 1 amide bonds. The maximum Gasteiger partial charge on any atom is 0.337 e. The molecule has 37 heavy (non-hydrogen) atoms. The minimum absolute atomic E-state index is 0.0163. The fourth-order valence-electron chi connectivity index (χ4n) is 6.43. The number of carbonyl (C=O) groups is 2. The predicted molar refractivity (Wildman–Crippen MR) is 137 cm³/mol. The lowest BCUT2D eigenvalue weighted by Gasteiger charge is -2.33. The van der Waals surface area contributed by atoms with E-state index in [0.717, 1.165) is 11.1 Å². The Hall–Kier alpha value is -3.46. The van der Waals surface area contributed by atoms with Gasteiger partial charge in [0.1, 0.15) is 11.4 Å². The fraction of sp³-hybridized carbons (Fsp3) is 0.222. The number of nitrogens with zero attached hydrogens (tertiary/aromatic N) is 2. The van der Waals surface area contributed by atoms with Crippen molar-refractivity contribution in [2.45, 2.75) is 30.0 Å². The van der Waals surface area contributed by atoms with Gasteiger partial charge in [0.05, 0.1) is 29.3 Å². The molecule has 1 spiro atoms. The molecule has 4 atom stereocenters. The minimum Gasteiger partial charge on any atom is -0.465 e. The number of halogens is 3. The predicted octanol–water partition coefficient (Wildman–Crippen LogP) is 4.97. The highest BCUT2D eigenvalue weighted by Gasteiger charge is 2.65. The molecule has 1 saturated heterocycles. The highest BCUT2D eigenvalue weighted by Crippen LogP contribution is 2.59. The zero-order valence-corrected chi connectivity index (χ0v) is 20.9. The number of rotatable bonds is 2. The van der Waals surface area contributed by atoms with Crippen molar-refractivity contribution in [3.63, 3.8) is 0 Å². The van der Waals surface area contributed by atoms with E-state index in [-0.39, 0.29) is 17.0 Å². The van der Waals surface area contributed by atoms with Crippen molar-refractivity contribution in [3.8, 4) is 0 Å². The molecule has 0 bridgehead atoms. The van der Waals surface area contributed by atoms with Gasteiger partial charge in [-0.2, -0.15) is 5.10 Å². The van der Waals surface area contributed by atoms with Gasteiger partial charge in [0.2, 0.25) is 5.91 Å². The number of ether oxygens (including phenoxy) is 1.